The second-order valence-electron chi connectivity index (χ2n) is 3.58. The smallest absolute Gasteiger partial charge is 0.0674 e. The number of allylic oxidation sites excluding steroid dienone is 4. The zero-order chi connectivity index (χ0) is 9.84. The Hall–Kier alpha value is -0.850. The predicted molar refractivity (Wildman–Crippen MR) is 59.3 cm³/mol. The maximum Gasteiger partial charge on any atom is 0.0674 e. The molecule has 0 bridgehead atoms. The van der Waals surface area contributed by atoms with Gasteiger partial charge in [0, 0.05) is 7.05 Å². The molecule has 0 N–H and O–H groups in total. The lowest BCUT2D eigenvalue weighted by molar-refractivity contribution is 0.812. The molecule has 0 unspecified atom stereocenters. The Morgan fingerprint density at radius 3 is 2.46 bits per heavy atom. The Morgan fingerprint density at radius 1 is 1.23 bits per heavy atom. The quantitative estimate of drug-likeness (QED) is 0.585. The maximum atomic E-state index is 4.28. The molecule has 1 aliphatic rings. The normalized spacial score (nSPS) is 22.8. The standard InChI is InChI=1S/C12H19N/c1-5-6-7-8-11-9(2)10(3)12(11)13-4/h8H,5-7H2,1-4H3/b11-8-,13-12-. The highest BCUT2D eigenvalue weighted by Crippen LogP contribution is 2.31. The SMILES string of the molecule is CCCC/C=C1C(C)=C(C)C/1=N/C. The van der Waals surface area contributed by atoms with Gasteiger partial charge < -0.3 is 0 Å². The average molecular weight is 177 g/mol. The number of aliphatic imine (C=N–C) groups is 1. The van der Waals surface area contributed by atoms with E-state index in [-0.39, 0.29) is 0 Å². The van der Waals surface area contributed by atoms with Crippen molar-refractivity contribution in [3.8, 4) is 0 Å². The minimum absolute atomic E-state index is 1.19. The van der Waals surface area contributed by atoms with Crippen molar-refractivity contribution in [2.24, 2.45) is 4.99 Å². The fourth-order valence-electron chi connectivity index (χ4n) is 1.69. The molecule has 0 aliphatic heterocycles. The first kappa shape index (κ1) is 10.2. The van der Waals surface area contributed by atoms with Gasteiger partial charge in [-0.2, -0.15) is 0 Å². The summed E-state index contributed by atoms with van der Waals surface area (Å²) < 4.78 is 0. The second-order valence-corrected chi connectivity index (χ2v) is 3.58. The van der Waals surface area contributed by atoms with Gasteiger partial charge in [0.2, 0.25) is 0 Å². The molecule has 1 aliphatic carbocycles. The summed E-state index contributed by atoms with van der Waals surface area (Å²) in [4.78, 5) is 4.28. The Morgan fingerprint density at radius 2 is 1.92 bits per heavy atom. The summed E-state index contributed by atoms with van der Waals surface area (Å²) in [6.45, 7) is 6.55. The minimum Gasteiger partial charge on any atom is -0.288 e. The van der Waals surface area contributed by atoms with Gasteiger partial charge >= 0.3 is 0 Å². The maximum absolute atomic E-state index is 4.28. The van der Waals surface area contributed by atoms with Gasteiger partial charge in [-0.3, -0.25) is 4.99 Å². The molecule has 0 spiro atoms. The van der Waals surface area contributed by atoms with Crippen molar-refractivity contribution in [2.45, 2.75) is 40.0 Å². The monoisotopic (exact) mass is 177 g/mol. The van der Waals surface area contributed by atoms with E-state index in [0.29, 0.717) is 0 Å². The molecule has 0 aromatic heterocycles. The van der Waals surface area contributed by atoms with E-state index >= 15 is 0 Å². The van der Waals surface area contributed by atoms with Crippen LogP contribution in [-0.4, -0.2) is 12.8 Å². The van der Waals surface area contributed by atoms with Crippen molar-refractivity contribution < 1.29 is 0 Å². The van der Waals surface area contributed by atoms with Crippen LogP contribution in [0.4, 0.5) is 0 Å². The van der Waals surface area contributed by atoms with E-state index < -0.39 is 0 Å². The van der Waals surface area contributed by atoms with Gasteiger partial charge in [-0.05, 0) is 37.0 Å². The van der Waals surface area contributed by atoms with E-state index in [0.717, 1.165) is 0 Å². The summed E-state index contributed by atoms with van der Waals surface area (Å²) in [5.74, 6) is 0. The third kappa shape index (κ3) is 1.90. The third-order valence-corrected chi connectivity index (χ3v) is 2.71. The van der Waals surface area contributed by atoms with Crippen LogP contribution in [0.5, 0.6) is 0 Å². The molecule has 0 aromatic rings. The summed E-state index contributed by atoms with van der Waals surface area (Å²) >= 11 is 0. The van der Waals surface area contributed by atoms with Crippen LogP contribution in [0.1, 0.15) is 40.0 Å². The van der Waals surface area contributed by atoms with Crippen LogP contribution in [0.2, 0.25) is 0 Å². The Balaban J connectivity index is 2.69. The molecular weight excluding hydrogens is 158 g/mol. The van der Waals surface area contributed by atoms with Gasteiger partial charge in [0.25, 0.3) is 0 Å². The topological polar surface area (TPSA) is 12.4 Å². The van der Waals surface area contributed by atoms with Crippen LogP contribution in [-0.2, 0) is 0 Å². The molecule has 72 valence electrons. The number of unbranched alkanes of at least 4 members (excludes halogenated alkanes) is 2. The minimum atomic E-state index is 1.19. The molecule has 1 heteroatoms. The molecule has 1 rings (SSSR count). The Labute approximate surface area is 81.3 Å². The Bertz CT molecular complexity index is 279. The molecule has 0 aromatic carbocycles. The van der Waals surface area contributed by atoms with Crippen molar-refractivity contribution in [1.82, 2.24) is 0 Å². The summed E-state index contributed by atoms with van der Waals surface area (Å²) in [5, 5.41) is 0. The number of hydrogen-bond donors (Lipinski definition) is 0. The van der Waals surface area contributed by atoms with Crippen LogP contribution in [0.25, 0.3) is 0 Å². The highest BCUT2D eigenvalue weighted by molar-refractivity contribution is 6.22. The van der Waals surface area contributed by atoms with Gasteiger partial charge in [-0.1, -0.05) is 25.8 Å². The van der Waals surface area contributed by atoms with Gasteiger partial charge in [0.05, 0.1) is 5.71 Å². The Kier molecular flexibility index (Phi) is 3.47. The van der Waals surface area contributed by atoms with E-state index in [2.05, 4.69) is 31.8 Å². The zero-order valence-electron chi connectivity index (χ0n) is 9.15. The number of rotatable bonds is 3. The van der Waals surface area contributed by atoms with Crippen LogP contribution in [0, 0.1) is 0 Å². The first-order chi connectivity index (χ1) is 6.22. The fourth-order valence-corrected chi connectivity index (χ4v) is 1.69. The van der Waals surface area contributed by atoms with Gasteiger partial charge in [-0.25, -0.2) is 0 Å². The molecule has 0 radical (unpaired) electrons. The second kappa shape index (κ2) is 4.40. The highest BCUT2D eigenvalue weighted by atomic mass is 14.7. The van der Waals surface area contributed by atoms with Crippen LogP contribution < -0.4 is 0 Å². The molecule has 0 saturated carbocycles. The summed E-state index contributed by atoms with van der Waals surface area (Å²) in [5.41, 5.74) is 5.39. The third-order valence-electron chi connectivity index (χ3n) is 2.71. The van der Waals surface area contributed by atoms with Crippen molar-refractivity contribution >= 4 is 5.71 Å². The molecule has 0 atom stereocenters. The highest BCUT2D eigenvalue weighted by Gasteiger charge is 2.22. The largest absolute Gasteiger partial charge is 0.288 e. The summed E-state index contributed by atoms with van der Waals surface area (Å²) in [6, 6.07) is 0. The van der Waals surface area contributed by atoms with Crippen molar-refractivity contribution in [1.29, 1.82) is 0 Å². The lowest BCUT2D eigenvalue weighted by atomic mass is 9.82. The molecule has 0 saturated heterocycles. The van der Waals surface area contributed by atoms with E-state index in [1.807, 2.05) is 7.05 Å². The lowest BCUT2D eigenvalue weighted by Crippen LogP contribution is -2.18. The average Bonchev–Trinajstić information content (AvgIpc) is 2.16. The lowest BCUT2D eigenvalue weighted by Gasteiger charge is -2.24. The van der Waals surface area contributed by atoms with Crippen molar-refractivity contribution in [2.75, 3.05) is 7.05 Å². The van der Waals surface area contributed by atoms with E-state index in [1.165, 1.54) is 41.7 Å². The first-order valence-corrected chi connectivity index (χ1v) is 5.07. The predicted octanol–water partition coefficient (Wildman–Crippen LogP) is 3.52. The van der Waals surface area contributed by atoms with Gasteiger partial charge in [0.1, 0.15) is 0 Å². The summed E-state index contributed by atoms with van der Waals surface area (Å²) in [7, 11) is 1.87. The molecule has 0 fully saturated rings. The summed E-state index contributed by atoms with van der Waals surface area (Å²) in [6.07, 6.45) is 6.07. The number of nitrogens with zero attached hydrogens (tertiary/aromatic N) is 1. The molecule has 13 heavy (non-hydrogen) atoms. The molecule has 0 heterocycles. The first-order valence-electron chi connectivity index (χ1n) is 5.07. The van der Waals surface area contributed by atoms with Crippen LogP contribution in [0.15, 0.2) is 27.8 Å². The van der Waals surface area contributed by atoms with E-state index in [9.17, 15) is 0 Å². The van der Waals surface area contributed by atoms with Crippen LogP contribution in [0.3, 0.4) is 0 Å². The number of hydrogen-bond acceptors (Lipinski definition) is 1. The van der Waals surface area contributed by atoms with E-state index in [1.54, 1.807) is 0 Å². The van der Waals surface area contributed by atoms with Gasteiger partial charge in [0.15, 0.2) is 0 Å². The fraction of sp³-hybridized carbons (Fsp3) is 0.583. The van der Waals surface area contributed by atoms with Crippen LogP contribution >= 0.6 is 0 Å². The zero-order valence-corrected chi connectivity index (χ0v) is 9.15. The molecule has 1 nitrogen and oxygen atoms in total. The molecule has 0 amide bonds. The molecular formula is C12H19N. The van der Waals surface area contributed by atoms with Crippen molar-refractivity contribution in [3.05, 3.63) is 22.8 Å². The van der Waals surface area contributed by atoms with Gasteiger partial charge in [-0.15, -0.1) is 0 Å². The van der Waals surface area contributed by atoms with E-state index in [4.69, 9.17) is 0 Å². The van der Waals surface area contributed by atoms with Crippen molar-refractivity contribution in [3.63, 3.8) is 0 Å².